The predicted molar refractivity (Wildman–Crippen MR) is 70.5 cm³/mol. The molecule has 1 aromatic heterocycles. The minimum atomic E-state index is 0.357. The van der Waals surface area contributed by atoms with E-state index in [0.29, 0.717) is 12.7 Å². The molecule has 0 bridgehead atoms. The first kappa shape index (κ1) is 13.3. The average Bonchev–Trinajstić information content (AvgIpc) is 2.80. The van der Waals surface area contributed by atoms with Crippen molar-refractivity contribution in [3.63, 3.8) is 0 Å². The van der Waals surface area contributed by atoms with Crippen LogP contribution in [-0.4, -0.2) is 40.5 Å². The van der Waals surface area contributed by atoms with Gasteiger partial charge in [-0.2, -0.15) is 0 Å². The summed E-state index contributed by atoms with van der Waals surface area (Å²) in [6, 6.07) is 0. The first-order valence-electron chi connectivity index (χ1n) is 6.83. The second-order valence-electron chi connectivity index (χ2n) is 4.47. The molecule has 0 aromatic carbocycles. The zero-order valence-corrected chi connectivity index (χ0v) is 11.3. The fourth-order valence-electron chi connectivity index (χ4n) is 2.22. The number of nitrogens with zero attached hydrogens (tertiary/aromatic N) is 3. The van der Waals surface area contributed by atoms with Crippen LogP contribution in [0.15, 0.2) is 0 Å². The van der Waals surface area contributed by atoms with Gasteiger partial charge in [-0.3, -0.25) is 4.57 Å². The van der Waals surface area contributed by atoms with Crippen molar-refractivity contribution in [3.05, 3.63) is 5.82 Å². The van der Waals surface area contributed by atoms with E-state index < -0.39 is 0 Å². The molecule has 2 heterocycles. The summed E-state index contributed by atoms with van der Waals surface area (Å²) in [6.07, 6.45) is 2.52. The number of rotatable bonds is 6. The molecule has 0 radical (unpaired) electrons. The summed E-state index contributed by atoms with van der Waals surface area (Å²) in [5.41, 5.74) is 0. The topological polar surface area (TPSA) is 64.0 Å². The molecule has 1 fully saturated rings. The molecule has 1 aliphatic heterocycles. The molecule has 1 aromatic rings. The minimum absolute atomic E-state index is 0.357. The summed E-state index contributed by atoms with van der Waals surface area (Å²) in [5.74, 6) is 1.75. The van der Waals surface area contributed by atoms with Gasteiger partial charge in [-0.05, 0) is 39.8 Å². The van der Waals surface area contributed by atoms with Gasteiger partial charge in [0.2, 0.25) is 5.95 Å². The van der Waals surface area contributed by atoms with E-state index in [-0.39, 0.29) is 0 Å². The Kier molecular flexibility index (Phi) is 4.95. The van der Waals surface area contributed by atoms with Gasteiger partial charge in [-0.1, -0.05) is 0 Å². The molecule has 102 valence electrons. The zero-order valence-electron chi connectivity index (χ0n) is 11.3. The van der Waals surface area contributed by atoms with Crippen molar-refractivity contribution in [2.24, 2.45) is 0 Å². The number of nitrogens with one attached hydrogen (secondary N) is 2. The molecule has 1 saturated heterocycles. The highest BCUT2D eigenvalue weighted by Crippen LogP contribution is 2.13. The number of hydrogen-bond acceptors (Lipinski definition) is 5. The van der Waals surface area contributed by atoms with Crippen LogP contribution < -0.4 is 10.6 Å². The Morgan fingerprint density at radius 1 is 1.33 bits per heavy atom. The van der Waals surface area contributed by atoms with Gasteiger partial charge in [0.25, 0.3) is 0 Å². The first-order valence-corrected chi connectivity index (χ1v) is 6.83. The lowest BCUT2D eigenvalue weighted by molar-refractivity contribution is 0.0164. The Morgan fingerprint density at radius 2 is 2.11 bits per heavy atom. The normalized spacial score (nSPS) is 17.0. The third-order valence-corrected chi connectivity index (χ3v) is 3.21. The molecule has 0 aliphatic carbocycles. The number of aromatic nitrogens is 3. The Labute approximate surface area is 108 Å². The highest BCUT2D eigenvalue weighted by molar-refractivity contribution is 5.25. The quantitative estimate of drug-likeness (QED) is 0.792. The predicted octanol–water partition coefficient (Wildman–Crippen LogP) is 0.998. The summed E-state index contributed by atoms with van der Waals surface area (Å²) in [5, 5.41) is 14.9. The number of hydrogen-bond donors (Lipinski definition) is 2. The van der Waals surface area contributed by atoms with E-state index in [0.717, 1.165) is 50.8 Å². The average molecular weight is 253 g/mol. The molecule has 6 heteroatoms. The highest BCUT2D eigenvalue weighted by Gasteiger charge is 2.16. The van der Waals surface area contributed by atoms with E-state index in [9.17, 15) is 0 Å². The van der Waals surface area contributed by atoms with Gasteiger partial charge >= 0.3 is 0 Å². The van der Waals surface area contributed by atoms with E-state index in [1.54, 1.807) is 0 Å². The molecule has 6 nitrogen and oxygen atoms in total. The maximum Gasteiger partial charge on any atom is 0.224 e. The SMILES string of the molecule is CCNc1nnc(COC2CCNCC2)n1CC. The molecular formula is C12H23N5O. The summed E-state index contributed by atoms with van der Waals surface area (Å²) >= 11 is 0. The summed E-state index contributed by atoms with van der Waals surface area (Å²) in [7, 11) is 0. The highest BCUT2D eigenvalue weighted by atomic mass is 16.5. The Morgan fingerprint density at radius 3 is 2.78 bits per heavy atom. The molecular weight excluding hydrogens is 230 g/mol. The Bertz CT molecular complexity index is 359. The van der Waals surface area contributed by atoms with Crippen LogP contribution in [-0.2, 0) is 17.9 Å². The lowest BCUT2D eigenvalue weighted by Crippen LogP contribution is -2.32. The van der Waals surface area contributed by atoms with E-state index >= 15 is 0 Å². The molecule has 18 heavy (non-hydrogen) atoms. The molecule has 0 amide bonds. The summed E-state index contributed by atoms with van der Waals surface area (Å²) < 4.78 is 7.99. The van der Waals surface area contributed by atoms with Crippen LogP contribution in [0.4, 0.5) is 5.95 Å². The van der Waals surface area contributed by atoms with Crippen molar-refractivity contribution in [2.75, 3.05) is 25.0 Å². The van der Waals surface area contributed by atoms with Crippen molar-refractivity contribution >= 4 is 5.95 Å². The lowest BCUT2D eigenvalue weighted by atomic mass is 10.1. The van der Waals surface area contributed by atoms with Crippen LogP contribution in [0.2, 0.25) is 0 Å². The van der Waals surface area contributed by atoms with E-state index in [1.165, 1.54) is 0 Å². The maximum absolute atomic E-state index is 5.91. The smallest absolute Gasteiger partial charge is 0.224 e. The first-order chi connectivity index (χ1) is 8.85. The van der Waals surface area contributed by atoms with Gasteiger partial charge in [0.15, 0.2) is 5.82 Å². The van der Waals surface area contributed by atoms with Crippen molar-refractivity contribution in [1.82, 2.24) is 20.1 Å². The van der Waals surface area contributed by atoms with Crippen LogP contribution in [0, 0.1) is 0 Å². The van der Waals surface area contributed by atoms with Gasteiger partial charge in [0.1, 0.15) is 6.61 Å². The van der Waals surface area contributed by atoms with E-state index in [1.807, 2.05) is 0 Å². The standard InChI is InChI=1S/C12H23N5O/c1-3-14-12-16-15-11(17(12)4-2)9-18-10-5-7-13-8-6-10/h10,13H,3-9H2,1-2H3,(H,14,16). The fourth-order valence-corrected chi connectivity index (χ4v) is 2.22. The number of ether oxygens (including phenoxy) is 1. The van der Waals surface area contributed by atoms with Crippen LogP contribution >= 0.6 is 0 Å². The zero-order chi connectivity index (χ0) is 12.8. The largest absolute Gasteiger partial charge is 0.370 e. The van der Waals surface area contributed by atoms with Crippen LogP contribution in [0.25, 0.3) is 0 Å². The van der Waals surface area contributed by atoms with E-state index in [4.69, 9.17) is 4.74 Å². The number of piperidine rings is 1. The molecule has 0 saturated carbocycles. The van der Waals surface area contributed by atoms with Crippen LogP contribution in [0.5, 0.6) is 0 Å². The third kappa shape index (κ3) is 3.20. The van der Waals surface area contributed by atoms with Crippen molar-refractivity contribution in [1.29, 1.82) is 0 Å². The van der Waals surface area contributed by atoms with Crippen molar-refractivity contribution in [3.8, 4) is 0 Å². The Hall–Kier alpha value is -1.14. The molecule has 1 aliphatic rings. The minimum Gasteiger partial charge on any atom is -0.370 e. The molecule has 0 spiro atoms. The third-order valence-electron chi connectivity index (χ3n) is 3.21. The summed E-state index contributed by atoms with van der Waals surface area (Å²) in [4.78, 5) is 0. The number of anilines is 1. The second-order valence-corrected chi connectivity index (χ2v) is 4.47. The van der Waals surface area contributed by atoms with Gasteiger partial charge in [-0.15, -0.1) is 10.2 Å². The van der Waals surface area contributed by atoms with Crippen molar-refractivity contribution in [2.45, 2.75) is 45.9 Å². The molecule has 0 unspecified atom stereocenters. The molecule has 0 atom stereocenters. The van der Waals surface area contributed by atoms with Gasteiger partial charge in [-0.25, -0.2) is 0 Å². The van der Waals surface area contributed by atoms with Gasteiger partial charge in [0.05, 0.1) is 6.10 Å². The van der Waals surface area contributed by atoms with E-state index in [2.05, 4.69) is 39.2 Å². The molecule has 2 rings (SSSR count). The van der Waals surface area contributed by atoms with Crippen LogP contribution in [0.3, 0.4) is 0 Å². The second kappa shape index (κ2) is 6.70. The maximum atomic E-state index is 5.91. The van der Waals surface area contributed by atoms with Crippen LogP contribution in [0.1, 0.15) is 32.5 Å². The molecule has 2 N–H and O–H groups in total. The fraction of sp³-hybridized carbons (Fsp3) is 0.833. The monoisotopic (exact) mass is 253 g/mol. The lowest BCUT2D eigenvalue weighted by Gasteiger charge is -2.22. The Balaban J connectivity index is 1.91. The van der Waals surface area contributed by atoms with Gasteiger partial charge < -0.3 is 15.4 Å². The van der Waals surface area contributed by atoms with Gasteiger partial charge in [0, 0.05) is 13.1 Å². The summed E-state index contributed by atoms with van der Waals surface area (Å²) in [6.45, 7) is 8.52. The van der Waals surface area contributed by atoms with Crippen molar-refractivity contribution < 1.29 is 4.74 Å².